The van der Waals surface area contributed by atoms with Crippen molar-refractivity contribution in [1.29, 1.82) is 0 Å². The van der Waals surface area contributed by atoms with Gasteiger partial charge in [0.1, 0.15) is 29.3 Å². The third kappa shape index (κ3) is 3.16. The lowest BCUT2D eigenvalue weighted by molar-refractivity contribution is 0.0470. The van der Waals surface area contributed by atoms with Gasteiger partial charge < -0.3 is 19.0 Å². The Labute approximate surface area is 159 Å². The van der Waals surface area contributed by atoms with E-state index in [2.05, 4.69) is 0 Å². The molecule has 1 aromatic heterocycles. The van der Waals surface area contributed by atoms with E-state index in [1.165, 1.54) is 25.3 Å². The lowest BCUT2D eigenvalue weighted by atomic mass is 10.0. The van der Waals surface area contributed by atoms with Crippen LogP contribution in [0.15, 0.2) is 69.9 Å². The number of methoxy groups -OCH3 is 1. The molecule has 0 bridgehead atoms. The maximum Gasteiger partial charge on any atom is 0.342 e. The average molecular weight is 376 g/mol. The van der Waals surface area contributed by atoms with Crippen LogP contribution in [-0.4, -0.2) is 18.2 Å². The number of rotatable bonds is 4. The van der Waals surface area contributed by atoms with E-state index in [0.717, 1.165) is 10.8 Å². The monoisotopic (exact) mass is 376 g/mol. The molecule has 0 saturated heterocycles. The third-order valence-electron chi connectivity index (χ3n) is 4.50. The van der Waals surface area contributed by atoms with Crippen molar-refractivity contribution < 1.29 is 23.8 Å². The van der Waals surface area contributed by atoms with Crippen molar-refractivity contribution in [3.8, 4) is 11.5 Å². The third-order valence-corrected chi connectivity index (χ3v) is 4.50. The van der Waals surface area contributed by atoms with Gasteiger partial charge in [-0.15, -0.1) is 0 Å². The van der Waals surface area contributed by atoms with E-state index >= 15 is 0 Å². The second-order valence-electron chi connectivity index (χ2n) is 6.21. The molecule has 6 heteroatoms. The number of aromatic hydroxyl groups is 1. The highest BCUT2D eigenvalue weighted by Crippen LogP contribution is 2.29. The molecule has 0 fully saturated rings. The average Bonchev–Trinajstić information content (AvgIpc) is 2.71. The van der Waals surface area contributed by atoms with Gasteiger partial charge in [0.05, 0.1) is 7.11 Å². The summed E-state index contributed by atoms with van der Waals surface area (Å²) >= 11 is 0. The van der Waals surface area contributed by atoms with Gasteiger partial charge in [-0.1, -0.05) is 30.3 Å². The van der Waals surface area contributed by atoms with Crippen molar-refractivity contribution >= 4 is 27.7 Å². The van der Waals surface area contributed by atoms with E-state index in [-0.39, 0.29) is 17.9 Å². The number of benzene rings is 3. The normalized spacial score (nSPS) is 10.9. The van der Waals surface area contributed by atoms with Crippen molar-refractivity contribution in [2.24, 2.45) is 0 Å². The SMILES string of the molecule is COc1ccc(C(=O)OCc2cc(=O)oc3ccc4ccccc4c23)c(O)c1. The molecule has 0 aliphatic carbocycles. The second-order valence-corrected chi connectivity index (χ2v) is 6.21. The summed E-state index contributed by atoms with van der Waals surface area (Å²) in [6.07, 6.45) is 0. The summed E-state index contributed by atoms with van der Waals surface area (Å²) in [5.41, 5.74) is 0.438. The quantitative estimate of drug-likeness (QED) is 0.329. The number of phenols is 1. The van der Waals surface area contributed by atoms with E-state index in [0.29, 0.717) is 22.3 Å². The fourth-order valence-electron chi connectivity index (χ4n) is 3.17. The van der Waals surface area contributed by atoms with Crippen LogP contribution in [0.2, 0.25) is 0 Å². The van der Waals surface area contributed by atoms with Gasteiger partial charge in [0.2, 0.25) is 0 Å². The molecule has 0 spiro atoms. The minimum Gasteiger partial charge on any atom is -0.507 e. The number of phenolic OH excluding ortho intramolecular Hbond substituents is 1. The first-order valence-electron chi connectivity index (χ1n) is 8.55. The summed E-state index contributed by atoms with van der Waals surface area (Å²) in [7, 11) is 1.46. The summed E-state index contributed by atoms with van der Waals surface area (Å²) in [4.78, 5) is 24.3. The molecule has 0 aliphatic rings. The minimum absolute atomic E-state index is 0.0120. The molecule has 0 aliphatic heterocycles. The highest BCUT2D eigenvalue weighted by molar-refractivity contribution is 6.07. The summed E-state index contributed by atoms with van der Waals surface area (Å²) in [5, 5.41) is 12.6. The van der Waals surface area contributed by atoms with Crippen molar-refractivity contribution in [2.75, 3.05) is 7.11 Å². The largest absolute Gasteiger partial charge is 0.507 e. The molecular formula is C22H16O6. The fourth-order valence-corrected chi connectivity index (χ4v) is 3.17. The predicted octanol–water partition coefficient (Wildman–Crippen LogP) is 4.02. The smallest absolute Gasteiger partial charge is 0.342 e. The molecule has 0 saturated carbocycles. The van der Waals surface area contributed by atoms with Crippen LogP contribution in [0.5, 0.6) is 11.5 Å². The lowest BCUT2D eigenvalue weighted by Crippen LogP contribution is -2.08. The molecule has 140 valence electrons. The maximum atomic E-state index is 12.4. The van der Waals surface area contributed by atoms with Crippen LogP contribution in [0.1, 0.15) is 15.9 Å². The molecule has 0 radical (unpaired) electrons. The Kier molecular flexibility index (Phi) is 4.45. The Morgan fingerprint density at radius 3 is 2.68 bits per heavy atom. The van der Waals surface area contributed by atoms with Gasteiger partial charge in [0.25, 0.3) is 0 Å². The van der Waals surface area contributed by atoms with Crippen LogP contribution >= 0.6 is 0 Å². The first-order chi connectivity index (χ1) is 13.6. The second kappa shape index (κ2) is 7.08. The Morgan fingerprint density at radius 2 is 1.89 bits per heavy atom. The van der Waals surface area contributed by atoms with Crippen LogP contribution in [0.4, 0.5) is 0 Å². The lowest BCUT2D eigenvalue weighted by Gasteiger charge is -2.10. The zero-order valence-corrected chi connectivity index (χ0v) is 15.0. The molecule has 0 atom stereocenters. The molecule has 1 N–H and O–H groups in total. The van der Waals surface area contributed by atoms with Gasteiger partial charge in [-0.2, -0.15) is 0 Å². The topological polar surface area (TPSA) is 86.0 Å². The van der Waals surface area contributed by atoms with Gasteiger partial charge in [0, 0.05) is 23.1 Å². The predicted molar refractivity (Wildman–Crippen MR) is 104 cm³/mol. The summed E-state index contributed by atoms with van der Waals surface area (Å²) < 4.78 is 15.7. The number of hydrogen-bond donors (Lipinski definition) is 1. The number of esters is 1. The summed E-state index contributed by atoms with van der Waals surface area (Å²) in [6.45, 7) is -0.138. The minimum atomic E-state index is -0.707. The van der Waals surface area contributed by atoms with E-state index in [4.69, 9.17) is 13.9 Å². The Balaban J connectivity index is 1.71. The number of carbonyl (C=O) groups excluding carboxylic acids is 1. The van der Waals surface area contributed by atoms with Gasteiger partial charge in [0.15, 0.2) is 0 Å². The van der Waals surface area contributed by atoms with Crippen LogP contribution in [0.25, 0.3) is 21.7 Å². The molecule has 4 aromatic rings. The number of hydrogen-bond acceptors (Lipinski definition) is 6. The van der Waals surface area contributed by atoms with Gasteiger partial charge in [-0.05, 0) is 29.0 Å². The van der Waals surface area contributed by atoms with E-state index < -0.39 is 11.6 Å². The van der Waals surface area contributed by atoms with Crippen LogP contribution in [0.3, 0.4) is 0 Å². The van der Waals surface area contributed by atoms with E-state index in [1.807, 2.05) is 30.3 Å². The zero-order chi connectivity index (χ0) is 19.7. The van der Waals surface area contributed by atoms with Crippen molar-refractivity contribution in [2.45, 2.75) is 6.61 Å². The Bertz CT molecular complexity index is 1260. The molecule has 6 nitrogen and oxygen atoms in total. The van der Waals surface area contributed by atoms with Gasteiger partial charge >= 0.3 is 11.6 Å². The molecule has 28 heavy (non-hydrogen) atoms. The first kappa shape index (κ1) is 17.6. The Morgan fingerprint density at radius 1 is 1.07 bits per heavy atom. The zero-order valence-electron chi connectivity index (χ0n) is 15.0. The summed E-state index contributed by atoms with van der Waals surface area (Å²) in [6, 6.07) is 16.9. The standard InChI is InChI=1S/C22H16O6/c1-26-15-7-8-17(18(23)11-15)22(25)27-12-14-10-20(24)28-19-9-6-13-4-2-3-5-16(13)21(14)19/h2-11,23H,12H2,1H3. The van der Waals surface area contributed by atoms with Crippen LogP contribution < -0.4 is 10.4 Å². The fraction of sp³-hybridized carbons (Fsp3) is 0.0909. The Hall–Kier alpha value is -3.80. The molecule has 0 unspecified atom stereocenters. The molecule has 1 heterocycles. The highest BCUT2D eigenvalue weighted by Gasteiger charge is 2.16. The van der Waals surface area contributed by atoms with Crippen molar-refractivity contribution in [1.82, 2.24) is 0 Å². The highest BCUT2D eigenvalue weighted by atomic mass is 16.5. The van der Waals surface area contributed by atoms with Crippen LogP contribution in [-0.2, 0) is 11.3 Å². The number of fused-ring (bicyclic) bond motifs is 3. The molecule has 3 aromatic carbocycles. The van der Waals surface area contributed by atoms with Crippen molar-refractivity contribution in [3.63, 3.8) is 0 Å². The maximum absolute atomic E-state index is 12.4. The van der Waals surface area contributed by atoms with Gasteiger partial charge in [-0.3, -0.25) is 0 Å². The first-order valence-corrected chi connectivity index (χ1v) is 8.55. The molecule has 0 amide bonds. The van der Waals surface area contributed by atoms with Gasteiger partial charge in [-0.25, -0.2) is 9.59 Å². The van der Waals surface area contributed by atoms with Crippen molar-refractivity contribution in [3.05, 3.63) is 82.2 Å². The summed E-state index contributed by atoms with van der Waals surface area (Å²) in [5.74, 6) is -0.527. The molecule has 4 rings (SSSR count). The number of carbonyl (C=O) groups is 1. The number of ether oxygens (including phenoxy) is 2. The van der Waals surface area contributed by atoms with E-state index in [9.17, 15) is 14.7 Å². The molecular weight excluding hydrogens is 360 g/mol. The van der Waals surface area contributed by atoms with Crippen LogP contribution in [0, 0.1) is 0 Å². The van der Waals surface area contributed by atoms with E-state index in [1.54, 1.807) is 12.1 Å².